The first-order chi connectivity index (χ1) is 9.22. The molecule has 0 radical (unpaired) electrons. The molecule has 0 aliphatic heterocycles. The Morgan fingerprint density at radius 2 is 2.16 bits per heavy atom. The molecule has 0 aliphatic rings. The van der Waals surface area contributed by atoms with Gasteiger partial charge in [0, 0.05) is 18.1 Å². The van der Waals surface area contributed by atoms with E-state index < -0.39 is 0 Å². The normalized spacial score (nSPS) is 10.5. The van der Waals surface area contributed by atoms with Crippen LogP contribution in [-0.2, 0) is 11.3 Å². The Kier molecular flexibility index (Phi) is 4.67. The van der Waals surface area contributed by atoms with E-state index in [1.807, 2.05) is 0 Å². The molecule has 0 aliphatic carbocycles. The van der Waals surface area contributed by atoms with Gasteiger partial charge in [-0.1, -0.05) is 23.9 Å². The van der Waals surface area contributed by atoms with Gasteiger partial charge in [-0.15, -0.1) is 0 Å². The number of nitrogens with zero attached hydrogens (tertiary/aromatic N) is 2. The maximum absolute atomic E-state index is 13.6. The molecule has 0 saturated carbocycles. The van der Waals surface area contributed by atoms with Crippen molar-refractivity contribution in [1.29, 1.82) is 0 Å². The Morgan fingerprint density at radius 3 is 2.84 bits per heavy atom. The molecule has 1 heterocycles. The van der Waals surface area contributed by atoms with Gasteiger partial charge < -0.3 is 10.2 Å². The number of hydrogen-bond acceptors (Lipinski definition) is 6. The summed E-state index contributed by atoms with van der Waals surface area (Å²) in [7, 11) is 1.55. The first-order valence-corrected chi connectivity index (χ1v) is 6.30. The summed E-state index contributed by atoms with van der Waals surface area (Å²) in [5, 5.41) is 0.597. The van der Waals surface area contributed by atoms with E-state index in [0.717, 1.165) is 0 Å². The highest BCUT2D eigenvalue weighted by Crippen LogP contribution is 2.29. The lowest BCUT2D eigenvalue weighted by Crippen LogP contribution is -2.11. The molecule has 2 rings (SSSR count). The van der Waals surface area contributed by atoms with Gasteiger partial charge in [-0.2, -0.15) is 0 Å². The van der Waals surface area contributed by atoms with Crippen LogP contribution in [0.1, 0.15) is 5.82 Å². The maximum atomic E-state index is 13.6. The molecular formula is C12H13FN4OS. The number of hydrazine groups is 1. The molecule has 0 fully saturated rings. The van der Waals surface area contributed by atoms with E-state index in [2.05, 4.69) is 15.4 Å². The van der Waals surface area contributed by atoms with Crippen molar-refractivity contribution in [2.75, 3.05) is 12.5 Å². The molecule has 7 heteroatoms. The molecule has 0 spiro atoms. The number of methoxy groups -OCH3 is 1. The van der Waals surface area contributed by atoms with E-state index >= 15 is 0 Å². The van der Waals surface area contributed by atoms with Crippen molar-refractivity contribution < 1.29 is 9.13 Å². The average Bonchev–Trinajstić information content (AvgIpc) is 2.41. The Hall–Kier alpha value is -1.70. The van der Waals surface area contributed by atoms with Crippen molar-refractivity contribution in [2.45, 2.75) is 16.5 Å². The van der Waals surface area contributed by atoms with Crippen LogP contribution in [0, 0.1) is 5.82 Å². The molecule has 3 N–H and O–H groups in total. The summed E-state index contributed by atoms with van der Waals surface area (Å²) in [6.07, 6.45) is 0. The van der Waals surface area contributed by atoms with Gasteiger partial charge in [-0.3, -0.25) is 0 Å². The molecule has 19 heavy (non-hydrogen) atoms. The van der Waals surface area contributed by atoms with E-state index in [9.17, 15) is 4.39 Å². The van der Waals surface area contributed by atoms with Crippen LogP contribution >= 0.6 is 11.8 Å². The van der Waals surface area contributed by atoms with Crippen LogP contribution in [-0.4, -0.2) is 17.1 Å². The van der Waals surface area contributed by atoms with Gasteiger partial charge in [0.25, 0.3) is 0 Å². The monoisotopic (exact) mass is 280 g/mol. The predicted octanol–water partition coefficient (Wildman–Crippen LogP) is 2.20. The molecule has 0 bridgehead atoms. The van der Waals surface area contributed by atoms with Crippen LogP contribution in [0.3, 0.4) is 0 Å². The maximum Gasteiger partial charge on any atom is 0.157 e. The Bertz CT molecular complexity index is 567. The number of nitrogens with one attached hydrogen (secondary N) is 1. The quantitative estimate of drug-likeness (QED) is 0.497. The third-order valence-electron chi connectivity index (χ3n) is 2.22. The molecule has 5 nitrogen and oxygen atoms in total. The number of hydrogen-bond donors (Lipinski definition) is 2. The topological polar surface area (TPSA) is 73.1 Å². The van der Waals surface area contributed by atoms with Crippen LogP contribution in [0.5, 0.6) is 0 Å². The van der Waals surface area contributed by atoms with Crippen molar-refractivity contribution in [1.82, 2.24) is 9.97 Å². The molecule has 2 aromatic rings. The second-order valence-corrected chi connectivity index (χ2v) is 4.68. The minimum Gasteiger partial charge on any atom is -0.377 e. The minimum atomic E-state index is -0.290. The van der Waals surface area contributed by atoms with Gasteiger partial charge in [-0.05, 0) is 12.1 Å². The fourth-order valence-electron chi connectivity index (χ4n) is 1.43. The van der Waals surface area contributed by atoms with Gasteiger partial charge in [0.15, 0.2) is 5.82 Å². The summed E-state index contributed by atoms with van der Waals surface area (Å²) < 4.78 is 18.6. The third-order valence-corrected chi connectivity index (χ3v) is 3.19. The van der Waals surface area contributed by atoms with Crippen LogP contribution in [0.15, 0.2) is 40.3 Å². The minimum absolute atomic E-state index is 0.264. The fourth-order valence-corrected chi connectivity index (χ4v) is 2.29. The number of nitrogens with two attached hydrogens (primary N) is 1. The van der Waals surface area contributed by atoms with Gasteiger partial charge in [0.2, 0.25) is 0 Å². The number of benzene rings is 1. The van der Waals surface area contributed by atoms with Crippen LogP contribution in [0.4, 0.5) is 10.2 Å². The smallest absolute Gasteiger partial charge is 0.157 e. The molecular weight excluding hydrogens is 267 g/mol. The van der Waals surface area contributed by atoms with E-state index in [4.69, 9.17) is 10.6 Å². The van der Waals surface area contributed by atoms with Crippen LogP contribution in [0.25, 0.3) is 0 Å². The van der Waals surface area contributed by atoms with Gasteiger partial charge >= 0.3 is 0 Å². The van der Waals surface area contributed by atoms with Crippen molar-refractivity contribution >= 4 is 17.6 Å². The number of nitrogen functional groups attached to an aromatic ring is 1. The predicted molar refractivity (Wildman–Crippen MR) is 71.1 cm³/mol. The summed E-state index contributed by atoms with van der Waals surface area (Å²) in [5.74, 6) is 5.99. The number of aromatic nitrogens is 2. The highest BCUT2D eigenvalue weighted by molar-refractivity contribution is 7.99. The first kappa shape index (κ1) is 13.7. The zero-order valence-corrected chi connectivity index (χ0v) is 11.1. The van der Waals surface area contributed by atoms with E-state index in [-0.39, 0.29) is 12.4 Å². The third kappa shape index (κ3) is 3.63. The second kappa shape index (κ2) is 6.46. The Labute approximate surface area is 114 Å². The number of halogens is 1. The molecule has 0 atom stereocenters. The van der Waals surface area contributed by atoms with Crippen molar-refractivity contribution in [3.05, 3.63) is 42.0 Å². The lowest BCUT2D eigenvalue weighted by atomic mass is 10.3. The second-order valence-electron chi connectivity index (χ2n) is 3.62. The highest BCUT2D eigenvalue weighted by Gasteiger charge is 2.08. The lowest BCUT2D eigenvalue weighted by molar-refractivity contribution is 0.177. The Morgan fingerprint density at radius 1 is 1.37 bits per heavy atom. The summed E-state index contributed by atoms with van der Waals surface area (Å²) in [6.45, 7) is 0.264. The summed E-state index contributed by atoms with van der Waals surface area (Å²) >= 11 is 1.21. The van der Waals surface area contributed by atoms with Crippen molar-refractivity contribution in [2.24, 2.45) is 5.84 Å². The largest absolute Gasteiger partial charge is 0.377 e. The van der Waals surface area contributed by atoms with Gasteiger partial charge in [0.05, 0.1) is 0 Å². The summed E-state index contributed by atoms with van der Waals surface area (Å²) in [5.41, 5.74) is 2.45. The van der Waals surface area contributed by atoms with Crippen LogP contribution in [0.2, 0.25) is 0 Å². The number of rotatable bonds is 5. The molecule has 100 valence electrons. The van der Waals surface area contributed by atoms with Crippen molar-refractivity contribution in [3.63, 3.8) is 0 Å². The first-order valence-electron chi connectivity index (χ1n) is 5.49. The standard InChI is InChI=1S/C12H13FN4OS/c1-18-7-11-15-10(17-14)6-12(16-11)19-9-5-3-2-4-8(9)13/h2-6H,7,14H2,1H3,(H,15,16,17). The average molecular weight is 280 g/mol. The lowest BCUT2D eigenvalue weighted by Gasteiger charge is -2.07. The van der Waals surface area contributed by atoms with E-state index in [1.165, 1.54) is 17.8 Å². The van der Waals surface area contributed by atoms with E-state index in [1.54, 1.807) is 31.4 Å². The molecule has 1 aromatic heterocycles. The number of ether oxygens (including phenoxy) is 1. The summed E-state index contributed by atoms with van der Waals surface area (Å²) in [4.78, 5) is 8.89. The molecule has 0 unspecified atom stereocenters. The molecule has 0 saturated heterocycles. The van der Waals surface area contributed by atoms with Crippen molar-refractivity contribution in [3.8, 4) is 0 Å². The molecule has 1 aromatic carbocycles. The zero-order valence-electron chi connectivity index (χ0n) is 10.3. The fraction of sp³-hybridized carbons (Fsp3) is 0.167. The summed E-state index contributed by atoms with van der Waals surface area (Å²) in [6, 6.07) is 8.15. The Balaban J connectivity index is 2.29. The number of anilines is 1. The van der Waals surface area contributed by atoms with Gasteiger partial charge in [-0.25, -0.2) is 20.2 Å². The molecule has 0 amide bonds. The van der Waals surface area contributed by atoms with E-state index in [0.29, 0.717) is 21.6 Å². The SMILES string of the molecule is COCc1nc(NN)cc(Sc2ccccc2F)n1. The van der Waals surface area contributed by atoms with Gasteiger partial charge in [0.1, 0.15) is 23.3 Å². The zero-order chi connectivity index (χ0) is 13.7. The van der Waals surface area contributed by atoms with Crippen LogP contribution < -0.4 is 11.3 Å². The highest BCUT2D eigenvalue weighted by atomic mass is 32.2.